The van der Waals surface area contributed by atoms with E-state index in [-0.39, 0.29) is 0 Å². The summed E-state index contributed by atoms with van der Waals surface area (Å²) in [6.45, 7) is 2.18. The number of thiophene rings is 1. The minimum atomic E-state index is 0.558. The highest BCUT2D eigenvalue weighted by Gasteiger charge is 2.18. The average Bonchev–Trinajstić information content (AvgIpc) is 2.86. The van der Waals surface area contributed by atoms with Crippen molar-refractivity contribution in [2.75, 3.05) is 0 Å². The number of halogens is 2. The second-order valence-corrected chi connectivity index (χ2v) is 8.00. The lowest BCUT2D eigenvalue weighted by Crippen LogP contribution is -1.95. The van der Waals surface area contributed by atoms with Crippen molar-refractivity contribution in [2.24, 2.45) is 5.92 Å². The molecule has 1 aliphatic rings. The van der Waals surface area contributed by atoms with E-state index in [4.69, 9.17) is 0 Å². The second-order valence-electron chi connectivity index (χ2n) is 4.75. The lowest BCUT2D eigenvalue weighted by atomic mass is 10.0. The number of rotatable bonds is 4. The minimum absolute atomic E-state index is 0.558. The van der Waals surface area contributed by atoms with Gasteiger partial charge >= 0.3 is 0 Å². The minimum Gasteiger partial charge on any atom is -0.143 e. The number of hydrogen-bond donors (Lipinski definition) is 0. The van der Waals surface area contributed by atoms with Gasteiger partial charge in [0.25, 0.3) is 0 Å². The van der Waals surface area contributed by atoms with Crippen molar-refractivity contribution in [1.29, 1.82) is 0 Å². The first-order valence-electron chi connectivity index (χ1n) is 6.06. The van der Waals surface area contributed by atoms with Gasteiger partial charge in [-0.05, 0) is 47.7 Å². The van der Waals surface area contributed by atoms with Gasteiger partial charge in [0.1, 0.15) is 0 Å². The van der Waals surface area contributed by atoms with E-state index in [1.807, 2.05) is 11.3 Å². The largest absolute Gasteiger partial charge is 0.143 e. The molecule has 1 unspecified atom stereocenters. The van der Waals surface area contributed by atoms with Crippen LogP contribution >= 0.6 is 43.2 Å². The average molecular weight is 366 g/mol. The molecular formula is C13H18Br2S. The van der Waals surface area contributed by atoms with Gasteiger partial charge < -0.3 is 0 Å². The van der Waals surface area contributed by atoms with Crippen LogP contribution in [0.2, 0.25) is 0 Å². The van der Waals surface area contributed by atoms with Crippen LogP contribution in [0.4, 0.5) is 0 Å². The predicted octanol–water partition coefficient (Wildman–Crippen LogP) is 6.23. The molecule has 0 N–H and O–H groups in total. The zero-order valence-corrected chi connectivity index (χ0v) is 13.6. The van der Waals surface area contributed by atoms with Gasteiger partial charge in [0.05, 0.1) is 0 Å². The molecule has 0 amide bonds. The Morgan fingerprint density at radius 1 is 1.44 bits per heavy atom. The van der Waals surface area contributed by atoms with Gasteiger partial charge in [-0.25, -0.2) is 0 Å². The summed E-state index contributed by atoms with van der Waals surface area (Å²) >= 11 is 9.33. The molecule has 2 rings (SSSR count). The highest BCUT2D eigenvalue weighted by Crippen LogP contribution is 2.39. The molecule has 0 nitrogen and oxygen atoms in total. The monoisotopic (exact) mass is 364 g/mol. The third-order valence-corrected chi connectivity index (χ3v) is 6.99. The van der Waals surface area contributed by atoms with Gasteiger partial charge in [-0.2, -0.15) is 0 Å². The lowest BCUT2D eigenvalue weighted by molar-refractivity contribution is 0.484. The van der Waals surface area contributed by atoms with E-state index in [2.05, 4.69) is 44.8 Å². The second kappa shape index (κ2) is 6.01. The fourth-order valence-electron chi connectivity index (χ4n) is 2.46. The van der Waals surface area contributed by atoms with Gasteiger partial charge in [0, 0.05) is 19.1 Å². The highest BCUT2D eigenvalue weighted by atomic mass is 79.9. The number of alkyl halides is 1. The molecule has 90 valence electrons. The standard InChI is InChI=1S/C13H18Br2S/c1-9-12(15)8-13(16-9)11(14)7-6-10-4-2-3-5-10/h8,10-11H,2-7H2,1H3. The molecule has 0 saturated heterocycles. The zero-order valence-electron chi connectivity index (χ0n) is 9.64. The van der Waals surface area contributed by atoms with Gasteiger partial charge in [-0.3, -0.25) is 0 Å². The molecule has 1 saturated carbocycles. The molecule has 0 bridgehead atoms. The van der Waals surface area contributed by atoms with E-state index in [1.165, 1.54) is 52.8 Å². The predicted molar refractivity (Wildman–Crippen MR) is 79.6 cm³/mol. The molecule has 0 aliphatic heterocycles. The van der Waals surface area contributed by atoms with E-state index in [1.54, 1.807) is 0 Å². The van der Waals surface area contributed by atoms with Crippen LogP contribution in [0, 0.1) is 12.8 Å². The van der Waals surface area contributed by atoms with Crippen LogP contribution in [-0.2, 0) is 0 Å². The molecule has 16 heavy (non-hydrogen) atoms. The Morgan fingerprint density at radius 2 is 2.12 bits per heavy atom. The summed E-state index contributed by atoms with van der Waals surface area (Å²) in [6, 6.07) is 2.27. The van der Waals surface area contributed by atoms with E-state index < -0.39 is 0 Å². The SMILES string of the molecule is Cc1sc(C(Br)CCC2CCCC2)cc1Br. The fraction of sp³-hybridized carbons (Fsp3) is 0.692. The van der Waals surface area contributed by atoms with Crippen LogP contribution in [0.3, 0.4) is 0 Å². The lowest BCUT2D eigenvalue weighted by Gasteiger charge is -2.11. The Hall–Kier alpha value is 0.660. The maximum Gasteiger partial charge on any atom is 0.0489 e. The first kappa shape index (κ1) is 13.1. The summed E-state index contributed by atoms with van der Waals surface area (Å²) in [5, 5.41) is 0. The Labute approximate surface area is 119 Å². The molecule has 1 aromatic heterocycles. The molecule has 1 heterocycles. The molecule has 1 atom stereocenters. The van der Waals surface area contributed by atoms with Crippen molar-refractivity contribution in [2.45, 2.75) is 50.3 Å². The zero-order chi connectivity index (χ0) is 11.5. The van der Waals surface area contributed by atoms with Crippen molar-refractivity contribution < 1.29 is 0 Å². The maximum absolute atomic E-state index is 3.83. The first-order valence-corrected chi connectivity index (χ1v) is 8.59. The third-order valence-electron chi connectivity index (χ3n) is 3.49. The quantitative estimate of drug-likeness (QED) is 0.555. The molecule has 3 heteroatoms. The van der Waals surface area contributed by atoms with E-state index in [0.717, 1.165) is 5.92 Å². The van der Waals surface area contributed by atoms with Crippen molar-refractivity contribution in [3.05, 3.63) is 20.3 Å². The Bertz CT molecular complexity index is 320. The van der Waals surface area contributed by atoms with Crippen LogP contribution in [-0.4, -0.2) is 0 Å². The van der Waals surface area contributed by atoms with Crippen LogP contribution in [0.15, 0.2) is 10.5 Å². The smallest absolute Gasteiger partial charge is 0.0489 e. The molecule has 1 aliphatic carbocycles. The fourth-order valence-corrected chi connectivity index (χ4v) is 4.71. The normalized spacial score (nSPS) is 19.2. The molecule has 0 spiro atoms. The highest BCUT2D eigenvalue weighted by molar-refractivity contribution is 9.10. The van der Waals surface area contributed by atoms with Crippen molar-refractivity contribution >= 4 is 43.2 Å². The van der Waals surface area contributed by atoms with Crippen LogP contribution in [0.5, 0.6) is 0 Å². The Balaban J connectivity index is 1.84. The third kappa shape index (κ3) is 3.33. The Morgan fingerprint density at radius 3 is 2.69 bits per heavy atom. The van der Waals surface area contributed by atoms with Gasteiger partial charge in [0.15, 0.2) is 0 Å². The van der Waals surface area contributed by atoms with Crippen molar-refractivity contribution in [3.63, 3.8) is 0 Å². The van der Waals surface area contributed by atoms with Crippen LogP contribution in [0.25, 0.3) is 0 Å². The van der Waals surface area contributed by atoms with Gasteiger partial charge in [0.2, 0.25) is 0 Å². The van der Waals surface area contributed by atoms with Crippen molar-refractivity contribution in [1.82, 2.24) is 0 Å². The van der Waals surface area contributed by atoms with E-state index in [0.29, 0.717) is 4.83 Å². The molecule has 1 fully saturated rings. The van der Waals surface area contributed by atoms with Gasteiger partial charge in [-0.1, -0.05) is 41.6 Å². The number of aryl methyl sites for hydroxylation is 1. The first-order chi connectivity index (χ1) is 7.66. The summed E-state index contributed by atoms with van der Waals surface area (Å²) < 4.78 is 1.26. The van der Waals surface area contributed by atoms with E-state index >= 15 is 0 Å². The van der Waals surface area contributed by atoms with Gasteiger partial charge in [-0.15, -0.1) is 11.3 Å². The van der Waals surface area contributed by atoms with Crippen LogP contribution in [0.1, 0.15) is 53.1 Å². The molecule has 1 aromatic rings. The topological polar surface area (TPSA) is 0 Å². The number of hydrogen-bond acceptors (Lipinski definition) is 1. The molecular weight excluding hydrogens is 348 g/mol. The Kier molecular flexibility index (Phi) is 4.92. The maximum atomic E-state index is 3.83. The summed E-state index contributed by atoms with van der Waals surface area (Å²) in [5.41, 5.74) is 0. The summed E-state index contributed by atoms with van der Waals surface area (Å²) in [4.78, 5) is 3.42. The summed E-state index contributed by atoms with van der Waals surface area (Å²) in [6.07, 6.45) is 8.53. The van der Waals surface area contributed by atoms with Crippen molar-refractivity contribution in [3.8, 4) is 0 Å². The molecule has 0 radical (unpaired) electrons. The summed E-state index contributed by atoms with van der Waals surface area (Å²) in [5.74, 6) is 1.00. The molecule has 0 aromatic carbocycles. The van der Waals surface area contributed by atoms with Crippen LogP contribution < -0.4 is 0 Å². The summed E-state index contributed by atoms with van der Waals surface area (Å²) in [7, 11) is 0. The van der Waals surface area contributed by atoms with E-state index in [9.17, 15) is 0 Å².